The van der Waals surface area contributed by atoms with Gasteiger partial charge in [-0.3, -0.25) is 19.6 Å². The average Bonchev–Trinajstić information content (AvgIpc) is 3.41. The Morgan fingerprint density at radius 2 is 1.62 bits per heavy atom. The van der Waals surface area contributed by atoms with Crippen LogP contribution in [0, 0.1) is 0 Å². The number of nitrogens with zero attached hydrogens (tertiary/aromatic N) is 6. The summed E-state index contributed by atoms with van der Waals surface area (Å²) in [6, 6.07) is 15.9. The van der Waals surface area contributed by atoms with E-state index in [9.17, 15) is 14.4 Å². The number of urea groups is 1. The first-order valence-electron chi connectivity index (χ1n) is 10.6. The normalized spacial score (nSPS) is 13.5. The lowest BCUT2D eigenvalue weighted by molar-refractivity contribution is 0.1000. The molecule has 10 heteroatoms. The SMILES string of the molecule is Cn1ncn(-c2ccc(-c3cncc(N4CCN(c5cccc(C(N)=O)c5)C4=O)c3)cc2)c1=O. The molecule has 0 radical (unpaired) electrons. The molecule has 0 spiro atoms. The van der Waals surface area contributed by atoms with Crippen molar-refractivity contribution in [3.8, 4) is 16.8 Å². The number of pyridine rings is 1. The van der Waals surface area contributed by atoms with Crippen molar-refractivity contribution in [2.24, 2.45) is 12.8 Å². The third kappa shape index (κ3) is 3.71. The number of amides is 3. The lowest BCUT2D eigenvalue weighted by atomic mass is 10.1. The average molecular weight is 455 g/mol. The highest BCUT2D eigenvalue weighted by Gasteiger charge is 2.31. The molecule has 2 N–H and O–H groups in total. The third-order valence-corrected chi connectivity index (χ3v) is 5.79. The van der Waals surface area contributed by atoms with Crippen molar-refractivity contribution < 1.29 is 9.59 Å². The van der Waals surface area contributed by atoms with Crippen LogP contribution < -0.4 is 21.2 Å². The zero-order valence-electron chi connectivity index (χ0n) is 18.3. The van der Waals surface area contributed by atoms with E-state index in [1.54, 1.807) is 53.5 Å². The van der Waals surface area contributed by atoms with E-state index in [0.29, 0.717) is 35.7 Å². The molecule has 0 aliphatic carbocycles. The third-order valence-electron chi connectivity index (χ3n) is 5.79. The van der Waals surface area contributed by atoms with Crippen LogP contribution in [-0.4, -0.2) is 44.4 Å². The standard InChI is InChI=1S/C24H21N7O3/c1-28-23(33)31(15-27-28)19-7-5-16(6-8-19)18-12-21(14-26-13-18)30-10-9-29(24(30)34)20-4-2-3-17(11-20)22(25)32/h2-8,11-15H,9-10H2,1H3,(H2,25,32). The Bertz CT molecular complexity index is 1460. The number of carbonyl (C=O) groups is 2. The quantitative estimate of drug-likeness (QED) is 0.495. The number of anilines is 2. The fraction of sp³-hybridized carbons (Fsp3) is 0.125. The van der Waals surface area contributed by atoms with E-state index in [-0.39, 0.29) is 11.7 Å². The van der Waals surface area contributed by atoms with Gasteiger partial charge in [-0.1, -0.05) is 18.2 Å². The van der Waals surface area contributed by atoms with Gasteiger partial charge in [0.15, 0.2) is 0 Å². The van der Waals surface area contributed by atoms with Gasteiger partial charge in [0.25, 0.3) is 0 Å². The van der Waals surface area contributed by atoms with Gasteiger partial charge in [-0.25, -0.2) is 18.8 Å². The first-order valence-corrected chi connectivity index (χ1v) is 10.6. The summed E-state index contributed by atoms with van der Waals surface area (Å²) >= 11 is 0. The highest BCUT2D eigenvalue weighted by atomic mass is 16.2. The van der Waals surface area contributed by atoms with Gasteiger partial charge in [-0.2, -0.15) is 5.10 Å². The van der Waals surface area contributed by atoms with Crippen LogP contribution in [0.1, 0.15) is 10.4 Å². The second kappa shape index (κ2) is 8.32. The molecule has 0 saturated carbocycles. The topological polar surface area (TPSA) is 119 Å². The molecule has 4 aromatic rings. The Morgan fingerprint density at radius 3 is 2.29 bits per heavy atom. The van der Waals surface area contributed by atoms with E-state index in [1.807, 2.05) is 30.3 Å². The Balaban J connectivity index is 1.39. The zero-order valence-corrected chi connectivity index (χ0v) is 18.3. The maximum absolute atomic E-state index is 13.1. The van der Waals surface area contributed by atoms with Crippen molar-refractivity contribution in [1.29, 1.82) is 0 Å². The largest absolute Gasteiger partial charge is 0.366 e. The Labute approximate surface area is 194 Å². The maximum Gasteiger partial charge on any atom is 0.350 e. The second-order valence-corrected chi connectivity index (χ2v) is 7.89. The molecule has 3 amide bonds. The molecular formula is C24H21N7O3. The number of hydrogen-bond donors (Lipinski definition) is 1. The number of carbonyl (C=O) groups excluding carboxylic acids is 2. The molecule has 34 heavy (non-hydrogen) atoms. The van der Waals surface area contributed by atoms with Crippen molar-refractivity contribution in [3.05, 3.63) is 89.4 Å². The van der Waals surface area contributed by atoms with Gasteiger partial charge in [0.2, 0.25) is 5.91 Å². The summed E-state index contributed by atoms with van der Waals surface area (Å²) in [7, 11) is 1.60. The summed E-state index contributed by atoms with van der Waals surface area (Å²) in [5, 5.41) is 3.97. The van der Waals surface area contributed by atoms with Gasteiger partial charge in [0.1, 0.15) is 6.33 Å². The molecular weight excluding hydrogens is 434 g/mol. The minimum atomic E-state index is -0.540. The van der Waals surface area contributed by atoms with Gasteiger partial charge < -0.3 is 5.73 Å². The Hall–Kier alpha value is -4.73. The number of aryl methyl sites for hydroxylation is 1. The van der Waals surface area contributed by atoms with E-state index in [2.05, 4.69) is 10.1 Å². The zero-order chi connectivity index (χ0) is 23.8. The molecule has 0 atom stereocenters. The van der Waals surface area contributed by atoms with E-state index in [0.717, 1.165) is 11.1 Å². The molecule has 1 fully saturated rings. The molecule has 0 bridgehead atoms. The number of benzene rings is 2. The summed E-state index contributed by atoms with van der Waals surface area (Å²) in [6.45, 7) is 0.952. The van der Waals surface area contributed by atoms with Crippen molar-refractivity contribution >= 4 is 23.3 Å². The smallest absolute Gasteiger partial charge is 0.350 e. The van der Waals surface area contributed by atoms with Crippen LogP contribution in [0.5, 0.6) is 0 Å². The van der Waals surface area contributed by atoms with Gasteiger partial charge in [0.05, 0.1) is 17.6 Å². The van der Waals surface area contributed by atoms with Crippen LogP contribution in [0.15, 0.2) is 78.1 Å². The predicted molar refractivity (Wildman–Crippen MR) is 127 cm³/mol. The molecule has 10 nitrogen and oxygen atoms in total. The fourth-order valence-electron chi connectivity index (χ4n) is 3.95. The molecule has 2 aromatic heterocycles. The first kappa shape index (κ1) is 21.1. The Morgan fingerprint density at radius 1 is 0.882 bits per heavy atom. The summed E-state index contributed by atoms with van der Waals surface area (Å²) < 4.78 is 2.73. The molecule has 1 aliphatic heterocycles. The van der Waals surface area contributed by atoms with Crippen LogP contribution in [0.25, 0.3) is 16.8 Å². The predicted octanol–water partition coefficient (Wildman–Crippen LogP) is 2.18. The van der Waals surface area contributed by atoms with Gasteiger partial charge >= 0.3 is 11.7 Å². The van der Waals surface area contributed by atoms with Crippen molar-refractivity contribution in [3.63, 3.8) is 0 Å². The van der Waals surface area contributed by atoms with Crippen molar-refractivity contribution in [2.45, 2.75) is 0 Å². The molecule has 2 aromatic carbocycles. The van der Waals surface area contributed by atoms with Gasteiger partial charge in [-0.15, -0.1) is 0 Å². The minimum Gasteiger partial charge on any atom is -0.366 e. The van der Waals surface area contributed by atoms with Crippen molar-refractivity contribution in [1.82, 2.24) is 19.3 Å². The molecule has 0 unspecified atom stereocenters. The van der Waals surface area contributed by atoms with Gasteiger partial charge in [0, 0.05) is 43.1 Å². The molecule has 3 heterocycles. The van der Waals surface area contributed by atoms with Crippen LogP contribution in [0.4, 0.5) is 16.2 Å². The van der Waals surface area contributed by atoms with E-state index in [4.69, 9.17) is 5.73 Å². The van der Waals surface area contributed by atoms with E-state index in [1.165, 1.54) is 15.6 Å². The molecule has 1 aliphatic rings. The highest BCUT2D eigenvalue weighted by Crippen LogP contribution is 2.29. The summed E-state index contributed by atoms with van der Waals surface area (Å²) in [4.78, 5) is 44.4. The summed E-state index contributed by atoms with van der Waals surface area (Å²) in [5.74, 6) is -0.540. The minimum absolute atomic E-state index is 0.202. The van der Waals surface area contributed by atoms with Crippen LogP contribution in [0.2, 0.25) is 0 Å². The summed E-state index contributed by atoms with van der Waals surface area (Å²) in [6.07, 6.45) is 4.85. The highest BCUT2D eigenvalue weighted by molar-refractivity contribution is 6.07. The van der Waals surface area contributed by atoms with Crippen molar-refractivity contribution in [2.75, 3.05) is 22.9 Å². The number of nitrogens with two attached hydrogens (primary N) is 1. The van der Waals surface area contributed by atoms with Crippen LogP contribution >= 0.6 is 0 Å². The Kier molecular flexibility index (Phi) is 5.17. The molecule has 5 rings (SSSR count). The first-order chi connectivity index (χ1) is 16.4. The van der Waals surface area contributed by atoms with Crippen LogP contribution in [-0.2, 0) is 7.05 Å². The fourth-order valence-corrected chi connectivity index (χ4v) is 3.95. The number of hydrogen-bond acceptors (Lipinski definition) is 5. The van der Waals surface area contributed by atoms with Gasteiger partial charge in [-0.05, 0) is 42.0 Å². The van der Waals surface area contributed by atoms with E-state index >= 15 is 0 Å². The lowest BCUT2D eigenvalue weighted by Gasteiger charge is -2.19. The second-order valence-electron chi connectivity index (χ2n) is 7.89. The van der Waals surface area contributed by atoms with Crippen LogP contribution in [0.3, 0.4) is 0 Å². The monoisotopic (exact) mass is 455 g/mol. The van der Waals surface area contributed by atoms with E-state index < -0.39 is 5.91 Å². The number of rotatable bonds is 5. The lowest BCUT2D eigenvalue weighted by Crippen LogP contribution is -2.32. The maximum atomic E-state index is 13.1. The molecule has 170 valence electrons. The number of primary amides is 1. The summed E-state index contributed by atoms with van der Waals surface area (Å²) in [5.41, 5.74) is 9.23. The number of aromatic nitrogens is 4. The molecule has 1 saturated heterocycles.